The van der Waals surface area contributed by atoms with Crippen LogP contribution in [-0.4, -0.2) is 11.1 Å². The molecule has 3 heteroatoms. The molecule has 66 valence electrons. The van der Waals surface area contributed by atoms with E-state index >= 15 is 0 Å². The van der Waals surface area contributed by atoms with Crippen LogP contribution in [0, 0.1) is 5.92 Å². The molecule has 0 saturated heterocycles. The Morgan fingerprint density at radius 3 is 2.67 bits per heavy atom. The van der Waals surface area contributed by atoms with Gasteiger partial charge >= 0.3 is 5.97 Å². The van der Waals surface area contributed by atoms with Crippen molar-refractivity contribution in [3.63, 3.8) is 0 Å². The van der Waals surface area contributed by atoms with E-state index in [0.717, 1.165) is 11.3 Å². The number of rotatable bonds is 3. The summed E-state index contributed by atoms with van der Waals surface area (Å²) in [6, 6.07) is 3.57. The number of carbonyl (C=O) groups is 1. The van der Waals surface area contributed by atoms with Gasteiger partial charge in [0.05, 0.1) is 0 Å². The highest BCUT2D eigenvalue weighted by atomic mass is 32.1. The highest BCUT2D eigenvalue weighted by molar-refractivity contribution is 7.13. The second kappa shape index (κ2) is 3.72. The predicted molar refractivity (Wildman–Crippen MR) is 49.8 cm³/mol. The Kier molecular flexibility index (Phi) is 2.87. The van der Waals surface area contributed by atoms with E-state index in [1.165, 1.54) is 11.3 Å². The molecule has 0 spiro atoms. The Morgan fingerprint density at radius 1 is 1.58 bits per heavy atom. The maximum absolute atomic E-state index is 10.5. The van der Waals surface area contributed by atoms with Crippen LogP contribution in [0.5, 0.6) is 0 Å². The molecule has 0 bridgehead atoms. The van der Waals surface area contributed by atoms with Crippen LogP contribution < -0.4 is 0 Å². The first kappa shape index (κ1) is 9.26. The second-order valence-corrected chi connectivity index (χ2v) is 4.34. The summed E-state index contributed by atoms with van der Waals surface area (Å²) >= 11 is 1.37. The molecule has 0 aliphatic rings. The molecule has 1 aromatic heterocycles. The number of hydrogen-bond acceptors (Lipinski definition) is 2. The third kappa shape index (κ3) is 2.34. The Bertz CT molecular complexity index is 276. The van der Waals surface area contributed by atoms with Crippen LogP contribution in [0.15, 0.2) is 12.1 Å². The minimum atomic E-state index is -0.824. The molecule has 0 saturated carbocycles. The first-order valence-corrected chi connectivity index (χ1v) is 4.73. The molecule has 0 aromatic carbocycles. The molecule has 1 aromatic rings. The number of carboxylic acids is 1. The lowest BCUT2D eigenvalue weighted by Crippen LogP contribution is -1.91. The predicted octanol–water partition coefficient (Wildman–Crippen LogP) is 2.64. The van der Waals surface area contributed by atoms with Crippen LogP contribution >= 0.6 is 11.3 Å². The highest BCUT2D eigenvalue weighted by Crippen LogP contribution is 2.19. The van der Waals surface area contributed by atoms with E-state index in [4.69, 9.17) is 5.11 Å². The molecule has 1 heterocycles. The van der Waals surface area contributed by atoms with Crippen molar-refractivity contribution in [3.05, 3.63) is 21.9 Å². The van der Waals surface area contributed by atoms with Crippen molar-refractivity contribution in [1.29, 1.82) is 0 Å². The summed E-state index contributed by atoms with van der Waals surface area (Å²) in [5, 5.41) is 8.64. The summed E-state index contributed by atoms with van der Waals surface area (Å²) in [7, 11) is 0. The fourth-order valence-corrected chi connectivity index (χ4v) is 2.06. The van der Waals surface area contributed by atoms with Gasteiger partial charge in [0.15, 0.2) is 0 Å². The quantitative estimate of drug-likeness (QED) is 0.784. The fourth-order valence-electron chi connectivity index (χ4n) is 1.00. The monoisotopic (exact) mass is 184 g/mol. The zero-order valence-electron chi connectivity index (χ0n) is 7.20. The number of carboxylic acid groups (broad SMARTS) is 1. The molecule has 12 heavy (non-hydrogen) atoms. The lowest BCUT2D eigenvalue weighted by atomic mass is 10.1. The molecular weight excluding hydrogens is 172 g/mol. The normalized spacial score (nSPS) is 10.6. The first-order chi connectivity index (χ1) is 5.59. The van der Waals surface area contributed by atoms with Gasteiger partial charge in [0, 0.05) is 4.88 Å². The standard InChI is InChI=1S/C9H12O2S/c1-6(2)5-7-3-4-8(12-7)9(10)11/h3-4,6H,5H2,1-2H3,(H,10,11). The van der Waals surface area contributed by atoms with Crippen LogP contribution in [-0.2, 0) is 6.42 Å². The third-order valence-corrected chi connectivity index (χ3v) is 2.58. The molecule has 0 fully saturated rings. The van der Waals surface area contributed by atoms with Gasteiger partial charge in [0.25, 0.3) is 0 Å². The molecular formula is C9H12O2S. The van der Waals surface area contributed by atoms with E-state index in [1.807, 2.05) is 6.07 Å². The van der Waals surface area contributed by atoms with E-state index in [9.17, 15) is 4.79 Å². The molecule has 1 rings (SSSR count). The van der Waals surface area contributed by atoms with Crippen molar-refractivity contribution in [1.82, 2.24) is 0 Å². The lowest BCUT2D eigenvalue weighted by Gasteiger charge is -1.98. The second-order valence-electron chi connectivity index (χ2n) is 3.17. The van der Waals surface area contributed by atoms with E-state index in [2.05, 4.69) is 13.8 Å². The molecule has 1 N–H and O–H groups in total. The fraction of sp³-hybridized carbons (Fsp3) is 0.444. The summed E-state index contributed by atoms with van der Waals surface area (Å²) in [5.41, 5.74) is 0. The third-order valence-electron chi connectivity index (χ3n) is 1.48. The van der Waals surface area contributed by atoms with Gasteiger partial charge < -0.3 is 5.11 Å². The largest absolute Gasteiger partial charge is 0.477 e. The average Bonchev–Trinajstić information content (AvgIpc) is 2.34. The van der Waals surface area contributed by atoms with Crippen molar-refractivity contribution in [2.45, 2.75) is 20.3 Å². The topological polar surface area (TPSA) is 37.3 Å². The van der Waals surface area contributed by atoms with E-state index in [-0.39, 0.29) is 0 Å². The average molecular weight is 184 g/mol. The number of aromatic carboxylic acids is 1. The number of hydrogen-bond donors (Lipinski definition) is 1. The summed E-state index contributed by atoms with van der Waals surface area (Å²) in [5.74, 6) is -0.236. The SMILES string of the molecule is CC(C)Cc1ccc(C(=O)O)s1. The van der Waals surface area contributed by atoms with Crippen molar-refractivity contribution in [3.8, 4) is 0 Å². The summed E-state index contributed by atoms with van der Waals surface area (Å²) < 4.78 is 0. The highest BCUT2D eigenvalue weighted by Gasteiger charge is 2.07. The summed E-state index contributed by atoms with van der Waals surface area (Å²) in [6.45, 7) is 4.25. The maximum atomic E-state index is 10.5. The molecule has 0 unspecified atom stereocenters. The number of thiophene rings is 1. The Labute approximate surface area is 75.9 Å². The summed E-state index contributed by atoms with van der Waals surface area (Å²) in [6.07, 6.45) is 0.970. The first-order valence-electron chi connectivity index (χ1n) is 3.91. The molecule has 0 aliphatic carbocycles. The van der Waals surface area contributed by atoms with Gasteiger partial charge in [0.1, 0.15) is 4.88 Å². The zero-order chi connectivity index (χ0) is 9.14. The molecule has 2 nitrogen and oxygen atoms in total. The Morgan fingerprint density at radius 2 is 2.25 bits per heavy atom. The van der Waals surface area contributed by atoms with Gasteiger partial charge in [-0.15, -0.1) is 11.3 Å². The molecule has 0 atom stereocenters. The van der Waals surface area contributed by atoms with Gasteiger partial charge in [-0.3, -0.25) is 0 Å². The van der Waals surface area contributed by atoms with Crippen molar-refractivity contribution in [2.24, 2.45) is 5.92 Å². The summed E-state index contributed by atoms with van der Waals surface area (Å²) in [4.78, 5) is 12.1. The van der Waals surface area contributed by atoms with E-state index < -0.39 is 5.97 Å². The van der Waals surface area contributed by atoms with Crippen LogP contribution in [0.3, 0.4) is 0 Å². The van der Waals surface area contributed by atoms with Crippen molar-refractivity contribution < 1.29 is 9.90 Å². The van der Waals surface area contributed by atoms with Crippen LogP contribution in [0.1, 0.15) is 28.4 Å². The van der Waals surface area contributed by atoms with E-state index in [0.29, 0.717) is 10.8 Å². The van der Waals surface area contributed by atoms with Crippen LogP contribution in [0.2, 0.25) is 0 Å². The van der Waals surface area contributed by atoms with Gasteiger partial charge in [-0.1, -0.05) is 13.8 Å². The van der Waals surface area contributed by atoms with E-state index in [1.54, 1.807) is 6.07 Å². The smallest absolute Gasteiger partial charge is 0.345 e. The molecule has 0 radical (unpaired) electrons. The van der Waals surface area contributed by atoms with Gasteiger partial charge in [-0.25, -0.2) is 4.79 Å². The Hall–Kier alpha value is -0.830. The van der Waals surface area contributed by atoms with Gasteiger partial charge in [-0.05, 0) is 24.5 Å². The van der Waals surface area contributed by atoms with Gasteiger partial charge in [-0.2, -0.15) is 0 Å². The Balaban J connectivity index is 2.71. The molecule has 0 amide bonds. The van der Waals surface area contributed by atoms with Crippen molar-refractivity contribution >= 4 is 17.3 Å². The van der Waals surface area contributed by atoms with Crippen molar-refractivity contribution in [2.75, 3.05) is 0 Å². The molecule has 0 aliphatic heterocycles. The minimum absolute atomic E-state index is 0.436. The lowest BCUT2D eigenvalue weighted by molar-refractivity contribution is 0.0702. The maximum Gasteiger partial charge on any atom is 0.345 e. The zero-order valence-corrected chi connectivity index (χ0v) is 8.02. The van der Waals surface area contributed by atoms with Gasteiger partial charge in [0.2, 0.25) is 0 Å². The van der Waals surface area contributed by atoms with Crippen LogP contribution in [0.4, 0.5) is 0 Å². The van der Waals surface area contributed by atoms with Crippen LogP contribution in [0.25, 0.3) is 0 Å². The minimum Gasteiger partial charge on any atom is -0.477 e.